The molecule has 0 aliphatic rings. The number of hydrogen-bond acceptors (Lipinski definition) is 1. The second-order valence-electron chi connectivity index (χ2n) is 4.58. The highest BCUT2D eigenvalue weighted by molar-refractivity contribution is 9.10. The summed E-state index contributed by atoms with van der Waals surface area (Å²) in [5.41, 5.74) is 1.25. The molecule has 1 N–H and O–H groups in total. The zero-order valence-electron chi connectivity index (χ0n) is 10.6. The van der Waals surface area contributed by atoms with Gasteiger partial charge in [-0.05, 0) is 56.0 Å². The Morgan fingerprint density at radius 3 is 2.76 bits per heavy atom. The van der Waals surface area contributed by atoms with E-state index in [1.165, 1.54) is 18.4 Å². The van der Waals surface area contributed by atoms with Crippen LogP contribution in [0.4, 0.5) is 0 Å². The molecule has 96 valence electrons. The van der Waals surface area contributed by atoms with Crippen LogP contribution in [0.15, 0.2) is 22.7 Å². The van der Waals surface area contributed by atoms with Gasteiger partial charge in [-0.3, -0.25) is 0 Å². The summed E-state index contributed by atoms with van der Waals surface area (Å²) in [5, 5.41) is 4.30. The third-order valence-corrected chi connectivity index (χ3v) is 3.67. The van der Waals surface area contributed by atoms with E-state index in [1.807, 2.05) is 6.07 Å². The second-order valence-corrected chi connectivity index (χ2v) is 5.91. The zero-order valence-corrected chi connectivity index (χ0v) is 12.9. The van der Waals surface area contributed by atoms with Gasteiger partial charge in [0.1, 0.15) is 0 Å². The van der Waals surface area contributed by atoms with E-state index in [1.54, 1.807) is 0 Å². The van der Waals surface area contributed by atoms with Gasteiger partial charge in [0.15, 0.2) is 0 Å². The van der Waals surface area contributed by atoms with Crippen LogP contribution in [0.1, 0.15) is 32.3 Å². The van der Waals surface area contributed by atoms with Crippen LogP contribution in [0.3, 0.4) is 0 Å². The molecule has 0 radical (unpaired) electrons. The second kappa shape index (κ2) is 8.12. The van der Waals surface area contributed by atoms with Gasteiger partial charge in [0, 0.05) is 9.50 Å². The molecule has 0 aromatic heterocycles. The lowest BCUT2D eigenvalue weighted by Crippen LogP contribution is -2.18. The van der Waals surface area contributed by atoms with Crippen molar-refractivity contribution in [3.05, 3.63) is 33.3 Å². The largest absolute Gasteiger partial charge is 0.317 e. The van der Waals surface area contributed by atoms with Crippen molar-refractivity contribution < 1.29 is 0 Å². The fraction of sp³-hybridized carbons (Fsp3) is 0.571. The number of hydrogen-bond donors (Lipinski definition) is 1. The predicted octanol–water partition coefficient (Wildman–Crippen LogP) is 4.67. The van der Waals surface area contributed by atoms with Gasteiger partial charge in [-0.15, -0.1) is 0 Å². The van der Waals surface area contributed by atoms with E-state index >= 15 is 0 Å². The molecule has 0 aliphatic carbocycles. The molecular weight excluding hydrogens is 298 g/mol. The maximum Gasteiger partial charge on any atom is 0.0449 e. The molecule has 0 fully saturated rings. The Balaban J connectivity index is 2.37. The minimum atomic E-state index is 0.665. The minimum absolute atomic E-state index is 0.665. The molecule has 17 heavy (non-hydrogen) atoms. The average Bonchev–Trinajstić information content (AvgIpc) is 2.28. The van der Waals surface area contributed by atoms with Gasteiger partial charge in [0.25, 0.3) is 0 Å². The zero-order chi connectivity index (χ0) is 12.7. The minimum Gasteiger partial charge on any atom is -0.317 e. The number of nitrogens with one attached hydrogen (secondary N) is 1. The Labute approximate surface area is 118 Å². The lowest BCUT2D eigenvalue weighted by molar-refractivity contribution is 0.498. The van der Waals surface area contributed by atoms with Crippen molar-refractivity contribution in [2.24, 2.45) is 5.92 Å². The summed E-state index contributed by atoms with van der Waals surface area (Å²) >= 11 is 9.64. The van der Waals surface area contributed by atoms with Gasteiger partial charge in [0.05, 0.1) is 0 Å². The van der Waals surface area contributed by atoms with E-state index in [-0.39, 0.29) is 0 Å². The van der Waals surface area contributed by atoms with Crippen LogP contribution in [0.5, 0.6) is 0 Å². The van der Waals surface area contributed by atoms with Gasteiger partial charge in [-0.1, -0.05) is 47.4 Å². The van der Waals surface area contributed by atoms with Crippen LogP contribution in [0, 0.1) is 5.92 Å². The summed E-state index contributed by atoms with van der Waals surface area (Å²) in [5.74, 6) is 0.665. The van der Waals surface area contributed by atoms with Crippen molar-refractivity contribution in [3.8, 4) is 0 Å². The van der Waals surface area contributed by atoms with Crippen molar-refractivity contribution in [1.29, 1.82) is 0 Å². The molecule has 0 aliphatic heterocycles. The number of rotatable bonds is 7. The molecular formula is C14H21BrClN. The SMILES string of the molecule is CCCNCCC(C)Cc1ccc(Br)cc1Cl. The van der Waals surface area contributed by atoms with Crippen LogP contribution in [-0.2, 0) is 6.42 Å². The maximum absolute atomic E-state index is 6.21. The first kappa shape index (κ1) is 15.0. The standard InChI is InChI=1S/C14H21BrClN/c1-3-7-17-8-6-11(2)9-12-4-5-13(15)10-14(12)16/h4-5,10-11,17H,3,6-9H2,1-2H3. The number of halogens is 2. The van der Waals surface area contributed by atoms with Gasteiger partial charge in [0.2, 0.25) is 0 Å². The van der Waals surface area contributed by atoms with Crippen molar-refractivity contribution in [3.63, 3.8) is 0 Å². The molecule has 1 aromatic carbocycles. The Kier molecular flexibility index (Phi) is 7.17. The van der Waals surface area contributed by atoms with E-state index in [2.05, 4.69) is 47.2 Å². The first-order valence-corrected chi connectivity index (χ1v) is 7.45. The van der Waals surface area contributed by atoms with Crippen molar-refractivity contribution >= 4 is 27.5 Å². The van der Waals surface area contributed by atoms with Gasteiger partial charge in [-0.25, -0.2) is 0 Å². The van der Waals surface area contributed by atoms with Crippen molar-refractivity contribution in [2.75, 3.05) is 13.1 Å². The summed E-state index contributed by atoms with van der Waals surface area (Å²) < 4.78 is 1.04. The molecule has 1 rings (SSSR count). The summed E-state index contributed by atoms with van der Waals surface area (Å²) in [6.07, 6.45) is 3.46. The molecule has 0 saturated carbocycles. The highest BCUT2D eigenvalue weighted by Crippen LogP contribution is 2.24. The first-order chi connectivity index (χ1) is 8.13. The third kappa shape index (κ3) is 5.89. The third-order valence-electron chi connectivity index (χ3n) is 2.82. The summed E-state index contributed by atoms with van der Waals surface area (Å²) in [6, 6.07) is 6.14. The highest BCUT2D eigenvalue weighted by Gasteiger charge is 2.07. The molecule has 0 amide bonds. The topological polar surface area (TPSA) is 12.0 Å². The highest BCUT2D eigenvalue weighted by atomic mass is 79.9. The monoisotopic (exact) mass is 317 g/mol. The summed E-state index contributed by atoms with van der Waals surface area (Å²) in [7, 11) is 0. The Morgan fingerprint density at radius 2 is 2.12 bits per heavy atom. The molecule has 1 atom stereocenters. The fourth-order valence-corrected chi connectivity index (χ4v) is 2.57. The van der Waals surface area contributed by atoms with E-state index in [0.29, 0.717) is 5.92 Å². The molecule has 1 aromatic rings. The lowest BCUT2D eigenvalue weighted by Gasteiger charge is -2.13. The molecule has 0 heterocycles. The molecule has 1 unspecified atom stereocenters. The van der Waals surface area contributed by atoms with E-state index < -0.39 is 0 Å². The molecule has 0 bridgehead atoms. The van der Waals surface area contributed by atoms with Crippen molar-refractivity contribution in [1.82, 2.24) is 5.32 Å². The van der Waals surface area contributed by atoms with Gasteiger partial charge < -0.3 is 5.32 Å². The maximum atomic E-state index is 6.21. The Hall–Kier alpha value is -0.0500. The molecule has 0 saturated heterocycles. The molecule has 1 nitrogen and oxygen atoms in total. The summed E-state index contributed by atoms with van der Waals surface area (Å²) in [6.45, 7) is 6.69. The molecule has 3 heteroatoms. The molecule has 0 spiro atoms. The van der Waals surface area contributed by atoms with E-state index in [9.17, 15) is 0 Å². The van der Waals surface area contributed by atoms with Crippen LogP contribution in [0.2, 0.25) is 5.02 Å². The smallest absolute Gasteiger partial charge is 0.0449 e. The van der Waals surface area contributed by atoms with Crippen LogP contribution in [-0.4, -0.2) is 13.1 Å². The lowest BCUT2D eigenvalue weighted by atomic mass is 9.98. The Bertz CT molecular complexity index is 341. The van der Waals surface area contributed by atoms with Crippen LogP contribution < -0.4 is 5.32 Å². The van der Waals surface area contributed by atoms with Crippen LogP contribution >= 0.6 is 27.5 Å². The van der Waals surface area contributed by atoms with E-state index in [4.69, 9.17) is 11.6 Å². The van der Waals surface area contributed by atoms with Gasteiger partial charge >= 0.3 is 0 Å². The quantitative estimate of drug-likeness (QED) is 0.720. The predicted molar refractivity (Wildman–Crippen MR) is 79.8 cm³/mol. The Morgan fingerprint density at radius 1 is 1.35 bits per heavy atom. The van der Waals surface area contributed by atoms with Crippen molar-refractivity contribution in [2.45, 2.75) is 33.1 Å². The number of benzene rings is 1. The van der Waals surface area contributed by atoms with Crippen LogP contribution in [0.25, 0.3) is 0 Å². The average molecular weight is 319 g/mol. The normalized spacial score (nSPS) is 12.7. The fourth-order valence-electron chi connectivity index (χ4n) is 1.81. The first-order valence-electron chi connectivity index (χ1n) is 6.28. The van der Waals surface area contributed by atoms with E-state index in [0.717, 1.165) is 29.0 Å². The summed E-state index contributed by atoms with van der Waals surface area (Å²) in [4.78, 5) is 0. The van der Waals surface area contributed by atoms with Gasteiger partial charge in [-0.2, -0.15) is 0 Å².